The van der Waals surface area contributed by atoms with E-state index < -0.39 is 0 Å². The summed E-state index contributed by atoms with van der Waals surface area (Å²) < 4.78 is 2.36. The average Bonchev–Trinajstić information content (AvgIpc) is 2.50. The Bertz CT molecular complexity index is 803. The van der Waals surface area contributed by atoms with Gasteiger partial charge in [0.05, 0.1) is 0 Å². The molecule has 2 aromatic carbocycles. The van der Waals surface area contributed by atoms with Crippen molar-refractivity contribution in [3.63, 3.8) is 0 Å². The number of benzene rings is 2. The van der Waals surface area contributed by atoms with Gasteiger partial charge in [-0.25, -0.2) is 4.58 Å². The first-order chi connectivity index (χ1) is 10.8. The lowest BCUT2D eigenvalue weighted by atomic mass is 9.77. The zero-order valence-corrected chi connectivity index (χ0v) is 15.2. The molecule has 120 valence electrons. The summed E-state index contributed by atoms with van der Waals surface area (Å²) in [6.07, 6.45) is 6.63. The smallest absolute Gasteiger partial charge is 0.176 e. The Balaban J connectivity index is 2.39. The van der Waals surface area contributed by atoms with Crippen LogP contribution in [0.2, 0.25) is 0 Å². The Kier molecular flexibility index (Phi) is 3.91. The zero-order valence-electron chi connectivity index (χ0n) is 15.2. The van der Waals surface area contributed by atoms with Crippen LogP contribution in [0.4, 0.5) is 0 Å². The fourth-order valence-corrected chi connectivity index (χ4v) is 3.78. The average molecular weight is 306 g/mol. The van der Waals surface area contributed by atoms with Crippen molar-refractivity contribution in [3.8, 4) is 0 Å². The van der Waals surface area contributed by atoms with Crippen molar-refractivity contribution < 1.29 is 4.58 Å². The van der Waals surface area contributed by atoms with Gasteiger partial charge in [0.1, 0.15) is 0 Å². The first-order valence-electron chi connectivity index (χ1n) is 8.66. The summed E-state index contributed by atoms with van der Waals surface area (Å²) in [5.41, 5.74) is 4.45. The van der Waals surface area contributed by atoms with E-state index in [1.807, 2.05) is 0 Å². The molecular weight excluding hydrogens is 278 g/mol. The number of nitrogens with zero attached hydrogens (tertiary/aromatic N) is 1. The summed E-state index contributed by atoms with van der Waals surface area (Å²) in [7, 11) is 0. The van der Waals surface area contributed by atoms with Crippen molar-refractivity contribution >= 4 is 17.0 Å². The fraction of sp³-hybridized carbons (Fsp3) is 0.409. The highest BCUT2D eigenvalue weighted by molar-refractivity contribution is 5.97. The van der Waals surface area contributed by atoms with Crippen LogP contribution in [0.25, 0.3) is 10.8 Å². The molecule has 2 aromatic rings. The predicted octanol–water partition coefficient (Wildman–Crippen LogP) is 5.61. The molecule has 0 radical (unpaired) electrons. The summed E-state index contributed by atoms with van der Waals surface area (Å²) in [5.74, 6) is 0.505. The normalized spacial score (nSPS) is 21.6. The minimum Gasteiger partial charge on any atom is -0.202 e. The van der Waals surface area contributed by atoms with E-state index in [9.17, 15) is 0 Å². The molecular formula is C22H28N+. The van der Waals surface area contributed by atoms with E-state index in [1.165, 1.54) is 27.5 Å². The fourth-order valence-electron chi connectivity index (χ4n) is 3.78. The van der Waals surface area contributed by atoms with Crippen LogP contribution in [0.15, 0.2) is 42.6 Å². The molecule has 1 nitrogen and oxygen atoms in total. The lowest BCUT2D eigenvalue weighted by molar-refractivity contribution is -0.497. The molecule has 2 atom stereocenters. The summed E-state index contributed by atoms with van der Waals surface area (Å²) >= 11 is 0. The Morgan fingerprint density at radius 1 is 1.04 bits per heavy atom. The van der Waals surface area contributed by atoms with Gasteiger partial charge >= 0.3 is 0 Å². The van der Waals surface area contributed by atoms with Crippen molar-refractivity contribution in [3.05, 3.63) is 59.3 Å². The predicted molar refractivity (Wildman–Crippen MR) is 101 cm³/mol. The third kappa shape index (κ3) is 2.63. The zero-order chi connectivity index (χ0) is 16.8. The van der Waals surface area contributed by atoms with E-state index in [-0.39, 0.29) is 5.41 Å². The topological polar surface area (TPSA) is 3.01 Å². The van der Waals surface area contributed by atoms with Crippen LogP contribution >= 0.6 is 0 Å². The van der Waals surface area contributed by atoms with Crippen molar-refractivity contribution in [2.24, 2.45) is 0 Å². The third-order valence-electron chi connectivity index (χ3n) is 5.18. The van der Waals surface area contributed by atoms with Gasteiger partial charge < -0.3 is 0 Å². The molecule has 23 heavy (non-hydrogen) atoms. The largest absolute Gasteiger partial charge is 0.202 e. The SMILES string of the molecule is C/C=C\[N+]1=Cc2cc(C(C)(C)C)c3ccccc3c2C(C)C1C. The lowest BCUT2D eigenvalue weighted by Crippen LogP contribution is -2.31. The van der Waals surface area contributed by atoms with Gasteiger partial charge in [0.15, 0.2) is 18.5 Å². The van der Waals surface area contributed by atoms with E-state index in [1.54, 1.807) is 0 Å². The molecule has 1 heterocycles. The molecule has 1 aliphatic heterocycles. The van der Waals surface area contributed by atoms with Gasteiger partial charge in [-0.05, 0) is 53.3 Å². The summed E-state index contributed by atoms with van der Waals surface area (Å²) in [6, 6.07) is 11.8. The Hall–Kier alpha value is -1.89. The molecule has 0 N–H and O–H groups in total. The highest BCUT2D eigenvalue weighted by atomic mass is 15.0. The Morgan fingerprint density at radius 3 is 2.30 bits per heavy atom. The molecule has 1 heteroatoms. The standard InChI is InChI=1S/C22H28N/c1-7-12-23-14-17-13-20(22(4,5)6)18-10-8-9-11-19(18)21(17)15(2)16(23)3/h7-16H,1-6H3/q+1/b12-7-. The second-order valence-corrected chi connectivity index (χ2v) is 7.81. The van der Waals surface area contributed by atoms with Crippen molar-refractivity contribution in [2.45, 2.75) is 58.9 Å². The molecule has 0 aliphatic carbocycles. The van der Waals surface area contributed by atoms with Crippen molar-refractivity contribution in [1.29, 1.82) is 0 Å². The van der Waals surface area contributed by atoms with Crippen LogP contribution in [-0.2, 0) is 5.41 Å². The molecule has 3 rings (SSSR count). The van der Waals surface area contributed by atoms with Gasteiger partial charge in [0.25, 0.3) is 0 Å². The van der Waals surface area contributed by atoms with Crippen LogP contribution < -0.4 is 0 Å². The Morgan fingerprint density at radius 2 is 1.70 bits per heavy atom. The molecule has 2 unspecified atom stereocenters. The van der Waals surface area contributed by atoms with Gasteiger partial charge in [-0.15, -0.1) is 0 Å². The van der Waals surface area contributed by atoms with E-state index in [2.05, 4.69) is 94.9 Å². The van der Waals surface area contributed by atoms with Gasteiger partial charge in [0, 0.05) is 11.5 Å². The first kappa shape index (κ1) is 16.0. The third-order valence-corrected chi connectivity index (χ3v) is 5.18. The molecule has 0 bridgehead atoms. The van der Waals surface area contributed by atoms with Crippen LogP contribution in [0.3, 0.4) is 0 Å². The molecule has 0 fully saturated rings. The minimum absolute atomic E-state index is 0.139. The van der Waals surface area contributed by atoms with E-state index >= 15 is 0 Å². The van der Waals surface area contributed by atoms with E-state index in [0.29, 0.717) is 12.0 Å². The number of allylic oxidation sites excluding steroid dienone is 1. The monoisotopic (exact) mass is 306 g/mol. The molecule has 1 aliphatic rings. The van der Waals surface area contributed by atoms with Crippen LogP contribution in [0, 0.1) is 0 Å². The first-order valence-corrected chi connectivity index (χ1v) is 8.66. The van der Waals surface area contributed by atoms with Crippen molar-refractivity contribution in [2.75, 3.05) is 0 Å². The summed E-state index contributed by atoms with van der Waals surface area (Å²) in [6.45, 7) is 13.7. The quantitative estimate of drug-likeness (QED) is 0.603. The molecule has 0 amide bonds. The highest BCUT2D eigenvalue weighted by Gasteiger charge is 2.33. The van der Waals surface area contributed by atoms with Gasteiger partial charge in [-0.1, -0.05) is 52.0 Å². The molecule has 0 saturated heterocycles. The van der Waals surface area contributed by atoms with E-state index in [4.69, 9.17) is 0 Å². The van der Waals surface area contributed by atoms with Gasteiger partial charge in [-0.3, -0.25) is 0 Å². The second-order valence-electron chi connectivity index (χ2n) is 7.81. The maximum absolute atomic E-state index is 2.41. The van der Waals surface area contributed by atoms with Crippen LogP contribution in [0.1, 0.15) is 64.2 Å². The van der Waals surface area contributed by atoms with Crippen LogP contribution in [0.5, 0.6) is 0 Å². The van der Waals surface area contributed by atoms with Gasteiger partial charge in [-0.2, -0.15) is 0 Å². The minimum atomic E-state index is 0.139. The van der Waals surface area contributed by atoms with E-state index in [0.717, 1.165) is 0 Å². The molecule has 0 saturated carbocycles. The summed E-state index contributed by atoms with van der Waals surface area (Å²) in [4.78, 5) is 0. The number of fused-ring (bicyclic) bond motifs is 3. The maximum Gasteiger partial charge on any atom is 0.176 e. The number of hydrogen-bond acceptors (Lipinski definition) is 0. The number of rotatable bonds is 1. The van der Waals surface area contributed by atoms with Gasteiger partial charge in [0.2, 0.25) is 0 Å². The lowest BCUT2D eigenvalue weighted by Gasteiger charge is -2.29. The van der Waals surface area contributed by atoms with Crippen molar-refractivity contribution in [1.82, 2.24) is 0 Å². The Labute approximate surface area is 140 Å². The number of hydrogen-bond donors (Lipinski definition) is 0. The highest BCUT2D eigenvalue weighted by Crippen LogP contribution is 2.39. The summed E-state index contributed by atoms with van der Waals surface area (Å²) in [5, 5.41) is 2.83. The second kappa shape index (κ2) is 5.63. The van der Waals surface area contributed by atoms with Crippen LogP contribution in [-0.4, -0.2) is 16.8 Å². The maximum atomic E-state index is 2.41. The molecule has 0 aromatic heterocycles. The molecule has 0 spiro atoms.